The Morgan fingerprint density at radius 2 is 2.29 bits per heavy atom. The van der Waals surface area contributed by atoms with Gasteiger partial charge < -0.3 is 5.32 Å². The summed E-state index contributed by atoms with van der Waals surface area (Å²) in [6, 6.07) is 2.82. The SMILES string of the molecule is O=C(NC1CCS(=O)(=O)C1)c1cccnc1Cl. The standard InChI is InChI=1S/C10H11ClN2O3S/c11-9-8(2-1-4-12-9)10(14)13-7-3-5-17(15,16)6-7/h1-2,4,7H,3,5-6H2,(H,13,14). The van der Waals surface area contributed by atoms with Crippen molar-refractivity contribution >= 4 is 27.3 Å². The summed E-state index contributed by atoms with van der Waals surface area (Å²) in [7, 11) is -3.00. The molecule has 0 aliphatic carbocycles. The van der Waals surface area contributed by atoms with Gasteiger partial charge in [0.2, 0.25) is 0 Å². The Morgan fingerprint density at radius 1 is 1.53 bits per heavy atom. The van der Waals surface area contributed by atoms with Crippen molar-refractivity contribution in [1.29, 1.82) is 0 Å². The van der Waals surface area contributed by atoms with Gasteiger partial charge in [-0.15, -0.1) is 0 Å². The summed E-state index contributed by atoms with van der Waals surface area (Å²) < 4.78 is 22.5. The lowest BCUT2D eigenvalue weighted by molar-refractivity contribution is 0.0941. The summed E-state index contributed by atoms with van der Waals surface area (Å²) in [5.41, 5.74) is 0.262. The summed E-state index contributed by atoms with van der Waals surface area (Å²) in [5, 5.41) is 2.77. The van der Waals surface area contributed by atoms with Crippen LogP contribution in [0.25, 0.3) is 0 Å². The van der Waals surface area contributed by atoms with Gasteiger partial charge in [-0.05, 0) is 18.6 Å². The third-order valence-corrected chi connectivity index (χ3v) is 4.64. The van der Waals surface area contributed by atoms with E-state index in [4.69, 9.17) is 11.6 Å². The van der Waals surface area contributed by atoms with Gasteiger partial charge in [0.05, 0.1) is 17.1 Å². The van der Waals surface area contributed by atoms with Crippen molar-refractivity contribution in [3.8, 4) is 0 Å². The molecule has 0 aromatic carbocycles. The molecular weight excluding hydrogens is 264 g/mol. The zero-order valence-corrected chi connectivity index (χ0v) is 10.5. The fourth-order valence-electron chi connectivity index (χ4n) is 1.73. The van der Waals surface area contributed by atoms with Gasteiger partial charge in [-0.2, -0.15) is 0 Å². The molecule has 17 heavy (non-hydrogen) atoms. The minimum absolute atomic E-state index is 0.00335. The summed E-state index contributed by atoms with van der Waals surface area (Å²) in [5.74, 6) is -0.264. The zero-order chi connectivity index (χ0) is 12.5. The smallest absolute Gasteiger partial charge is 0.254 e. The number of amides is 1. The van der Waals surface area contributed by atoms with Crippen LogP contribution in [-0.4, -0.2) is 36.9 Å². The van der Waals surface area contributed by atoms with Gasteiger partial charge in [-0.25, -0.2) is 13.4 Å². The van der Waals surface area contributed by atoms with E-state index in [9.17, 15) is 13.2 Å². The number of halogens is 1. The third kappa shape index (κ3) is 2.95. The van der Waals surface area contributed by atoms with E-state index in [0.717, 1.165) is 0 Å². The molecule has 0 bridgehead atoms. The highest BCUT2D eigenvalue weighted by molar-refractivity contribution is 7.91. The molecule has 1 amide bonds. The molecule has 2 rings (SSSR count). The van der Waals surface area contributed by atoms with Crippen molar-refractivity contribution in [2.24, 2.45) is 0 Å². The molecule has 0 spiro atoms. The molecule has 5 nitrogen and oxygen atoms in total. The topological polar surface area (TPSA) is 76.1 Å². The first-order valence-corrected chi connectivity index (χ1v) is 7.30. The number of aromatic nitrogens is 1. The summed E-state index contributed by atoms with van der Waals surface area (Å²) in [6.45, 7) is 0. The molecule has 1 aliphatic heterocycles. The highest BCUT2D eigenvalue weighted by Gasteiger charge is 2.29. The van der Waals surface area contributed by atoms with Crippen molar-refractivity contribution in [2.45, 2.75) is 12.5 Å². The van der Waals surface area contributed by atoms with E-state index in [2.05, 4.69) is 10.3 Å². The number of carbonyl (C=O) groups is 1. The Labute approximate surface area is 104 Å². The zero-order valence-electron chi connectivity index (χ0n) is 8.89. The average Bonchev–Trinajstić information content (AvgIpc) is 2.58. The van der Waals surface area contributed by atoms with E-state index in [-0.39, 0.29) is 34.2 Å². The minimum Gasteiger partial charge on any atom is -0.348 e. The first-order chi connectivity index (χ1) is 7.98. The number of pyridine rings is 1. The largest absolute Gasteiger partial charge is 0.348 e. The molecule has 1 fully saturated rings. The Morgan fingerprint density at radius 3 is 2.88 bits per heavy atom. The van der Waals surface area contributed by atoms with E-state index >= 15 is 0 Å². The lowest BCUT2D eigenvalue weighted by Crippen LogP contribution is -2.35. The maximum absolute atomic E-state index is 11.8. The molecular formula is C10H11ClN2O3S. The first kappa shape index (κ1) is 12.3. The van der Waals surface area contributed by atoms with Crippen molar-refractivity contribution in [1.82, 2.24) is 10.3 Å². The van der Waals surface area contributed by atoms with Crippen LogP contribution in [0.5, 0.6) is 0 Å². The molecule has 0 radical (unpaired) electrons. The van der Waals surface area contributed by atoms with Gasteiger partial charge in [0.1, 0.15) is 5.15 Å². The van der Waals surface area contributed by atoms with Gasteiger partial charge in [-0.1, -0.05) is 11.6 Å². The van der Waals surface area contributed by atoms with Gasteiger partial charge in [0.15, 0.2) is 9.84 Å². The van der Waals surface area contributed by atoms with Crippen LogP contribution in [0.2, 0.25) is 5.15 Å². The molecule has 7 heteroatoms. The van der Waals surface area contributed by atoms with Crippen LogP contribution < -0.4 is 5.32 Å². The fraction of sp³-hybridized carbons (Fsp3) is 0.400. The molecule has 92 valence electrons. The number of rotatable bonds is 2. The van der Waals surface area contributed by atoms with E-state index in [1.165, 1.54) is 6.20 Å². The third-order valence-electron chi connectivity index (χ3n) is 2.57. The molecule has 1 aliphatic rings. The summed E-state index contributed by atoms with van der Waals surface area (Å²) in [6.07, 6.45) is 1.94. The van der Waals surface area contributed by atoms with Crippen LogP contribution in [0.15, 0.2) is 18.3 Å². The summed E-state index contributed by atoms with van der Waals surface area (Å²) in [4.78, 5) is 15.6. The normalized spacial score (nSPS) is 22.3. The van der Waals surface area contributed by atoms with Crippen LogP contribution in [0.4, 0.5) is 0 Å². The quantitative estimate of drug-likeness (QED) is 0.804. The van der Waals surface area contributed by atoms with Crippen LogP contribution in [0.1, 0.15) is 16.8 Å². The number of hydrogen-bond donors (Lipinski definition) is 1. The highest BCUT2D eigenvalue weighted by Crippen LogP contribution is 2.15. The number of carbonyl (C=O) groups excluding carboxylic acids is 1. The Kier molecular flexibility index (Phi) is 3.35. The molecule has 0 saturated carbocycles. The average molecular weight is 275 g/mol. The Hall–Kier alpha value is -1.14. The second kappa shape index (κ2) is 4.62. The van der Waals surface area contributed by atoms with Crippen LogP contribution >= 0.6 is 11.6 Å². The number of nitrogens with zero attached hydrogens (tertiary/aromatic N) is 1. The number of hydrogen-bond acceptors (Lipinski definition) is 4. The van der Waals surface area contributed by atoms with E-state index in [1.807, 2.05) is 0 Å². The lowest BCUT2D eigenvalue weighted by atomic mass is 10.2. The predicted molar refractivity (Wildman–Crippen MR) is 63.8 cm³/mol. The fourth-order valence-corrected chi connectivity index (χ4v) is 3.61. The predicted octanol–water partition coefficient (Wildman–Crippen LogP) is 0.652. The lowest BCUT2D eigenvalue weighted by Gasteiger charge is -2.10. The van der Waals surface area contributed by atoms with E-state index < -0.39 is 9.84 Å². The molecule has 1 unspecified atom stereocenters. The van der Waals surface area contributed by atoms with Crippen molar-refractivity contribution in [2.75, 3.05) is 11.5 Å². The van der Waals surface area contributed by atoms with Crippen LogP contribution in [-0.2, 0) is 9.84 Å². The molecule has 1 N–H and O–H groups in total. The Balaban J connectivity index is 2.06. The van der Waals surface area contributed by atoms with Gasteiger partial charge in [0.25, 0.3) is 5.91 Å². The van der Waals surface area contributed by atoms with Gasteiger partial charge >= 0.3 is 0 Å². The maximum atomic E-state index is 11.8. The monoisotopic (exact) mass is 274 g/mol. The molecule has 1 aromatic heterocycles. The first-order valence-electron chi connectivity index (χ1n) is 5.10. The van der Waals surface area contributed by atoms with Gasteiger partial charge in [-0.3, -0.25) is 4.79 Å². The summed E-state index contributed by atoms with van der Waals surface area (Å²) >= 11 is 5.77. The maximum Gasteiger partial charge on any atom is 0.254 e. The van der Waals surface area contributed by atoms with Gasteiger partial charge in [0, 0.05) is 12.2 Å². The Bertz CT molecular complexity index is 544. The van der Waals surface area contributed by atoms with Crippen LogP contribution in [0, 0.1) is 0 Å². The minimum atomic E-state index is -3.00. The van der Waals surface area contributed by atoms with E-state index in [0.29, 0.717) is 6.42 Å². The second-order valence-corrected chi connectivity index (χ2v) is 6.50. The number of sulfone groups is 1. The van der Waals surface area contributed by atoms with Crippen molar-refractivity contribution < 1.29 is 13.2 Å². The number of nitrogens with one attached hydrogen (secondary N) is 1. The van der Waals surface area contributed by atoms with Crippen molar-refractivity contribution in [3.63, 3.8) is 0 Å². The molecule has 1 saturated heterocycles. The second-order valence-electron chi connectivity index (χ2n) is 3.92. The van der Waals surface area contributed by atoms with E-state index in [1.54, 1.807) is 12.1 Å². The van der Waals surface area contributed by atoms with Crippen molar-refractivity contribution in [3.05, 3.63) is 29.0 Å². The van der Waals surface area contributed by atoms with Crippen LogP contribution in [0.3, 0.4) is 0 Å². The molecule has 1 aromatic rings. The molecule has 1 atom stereocenters. The molecule has 2 heterocycles. The highest BCUT2D eigenvalue weighted by atomic mass is 35.5.